The number of hydrogen-bond acceptors (Lipinski definition) is 3. The molecule has 0 bridgehead atoms. The Bertz CT molecular complexity index is 2970. The smallest absolute Gasteiger partial charge is 0.126 e. The molecule has 2 heterocycles. The lowest BCUT2D eigenvalue weighted by molar-refractivity contribution is 0.769. The van der Waals surface area contributed by atoms with Gasteiger partial charge >= 0.3 is 0 Å². The fourth-order valence-corrected chi connectivity index (χ4v) is 9.12. The van der Waals surface area contributed by atoms with Crippen LogP contribution in [0.15, 0.2) is 194 Å². The van der Waals surface area contributed by atoms with Gasteiger partial charge in [-0.2, -0.15) is 0 Å². The summed E-state index contributed by atoms with van der Waals surface area (Å²) in [6.45, 7) is 6.18. The second kappa shape index (κ2) is 14.4. The molecule has 9 aromatic rings. The van der Waals surface area contributed by atoms with Gasteiger partial charge in [-0.1, -0.05) is 164 Å². The Morgan fingerprint density at radius 3 is 1.72 bits per heavy atom. The number of aromatic nitrogens is 3. The number of hydrogen-bond donors (Lipinski definition) is 0. The largest absolute Gasteiger partial charge is 0.261 e. The maximum Gasteiger partial charge on any atom is 0.126 e. The number of fused-ring (bicyclic) bond motifs is 3. The predicted octanol–water partition coefficient (Wildman–Crippen LogP) is 13.5. The molecular formula is C55H41N3. The summed E-state index contributed by atoms with van der Waals surface area (Å²) in [5.74, 6) is 0.741. The van der Waals surface area contributed by atoms with Gasteiger partial charge in [-0.25, -0.2) is 9.97 Å². The van der Waals surface area contributed by atoms with E-state index in [9.17, 15) is 0 Å². The van der Waals surface area contributed by atoms with E-state index in [1.807, 2.05) is 20.0 Å². The van der Waals surface area contributed by atoms with Crippen LogP contribution < -0.4 is 0 Å². The Morgan fingerprint density at radius 1 is 0.362 bits per heavy atom. The van der Waals surface area contributed by atoms with Gasteiger partial charge in [0.15, 0.2) is 0 Å². The molecular weight excluding hydrogens is 703 g/mol. The van der Waals surface area contributed by atoms with Gasteiger partial charge in [0.2, 0.25) is 0 Å². The topological polar surface area (TPSA) is 38.7 Å². The summed E-state index contributed by atoms with van der Waals surface area (Å²) in [7, 11) is 0. The van der Waals surface area contributed by atoms with Crippen molar-refractivity contribution in [3.63, 3.8) is 0 Å². The number of rotatable bonds is 7. The average Bonchev–Trinajstić information content (AvgIpc) is 3.57. The van der Waals surface area contributed by atoms with Crippen molar-refractivity contribution in [2.45, 2.75) is 26.2 Å². The lowest BCUT2D eigenvalue weighted by atomic mass is 9.67. The van der Waals surface area contributed by atoms with Gasteiger partial charge in [-0.05, 0) is 112 Å². The van der Waals surface area contributed by atoms with Crippen molar-refractivity contribution >= 4 is 0 Å². The minimum Gasteiger partial charge on any atom is -0.261 e. The fourth-order valence-electron chi connectivity index (χ4n) is 9.12. The second-order valence-electron chi connectivity index (χ2n) is 15.3. The Balaban J connectivity index is 1.11. The van der Waals surface area contributed by atoms with E-state index < -0.39 is 5.41 Å². The summed E-state index contributed by atoms with van der Waals surface area (Å²) in [6, 6.07) is 68.2. The molecule has 0 saturated carbocycles. The van der Waals surface area contributed by atoms with E-state index in [1.165, 1.54) is 61.2 Å². The highest BCUT2D eigenvalue weighted by Gasteiger charge is 2.46. The van der Waals surface area contributed by atoms with Crippen molar-refractivity contribution in [2.24, 2.45) is 0 Å². The van der Waals surface area contributed by atoms with Crippen molar-refractivity contribution in [2.75, 3.05) is 0 Å². The second-order valence-corrected chi connectivity index (χ2v) is 15.3. The number of pyridine rings is 1. The molecule has 1 aliphatic rings. The summed E-state index contributed by atoms with van der Waals surface area (Å²) in [5, 5.41) is 0. The molecule has 0 spiro atoms. The van der Waals surface area contributed by atoms with E-state index in [1.54, 1.807) is 0 Å². The Kier molecular flexibility index (Phi) is 8.72. The van der Waals surface area contributed by atoms with Crippen LogP contribution in [0, 0.1) is 20.8 Å². The molecule has 0 fully saturated rings. The van der Waals surface area contributed by atoms with E-state index in [2.05, 4.69) is 200 Å². The fraction of sp³-hybridized carbons (Fsp3) is 0.0727. The van der Waals surface area contributed by atoms with Gasteiger partial charge in [0.1, 0.15) is 5.82 Å². The number of benzene rings is 7. The Hall–Kier alpha value is -7.23. The van der Waals surface area contributed by atoms with Crippen LogP contribution >= 0.6 is 0 Å². The zero-order chi connectivity index (χ0) is 39.2. The normalized spacial score (nSPS) is 14.2. The van der Waals surface area contributed by atoms with Gasteiger partial charge in [0.25, 0.3) is 0 Å². The van der Waals surface area contributed by atoms with Crippen molar-refractivity contribution in [3.8, 4) is 67.0 Å². The Morgan fingerprint density at radius 2 is 0.948 bits per heavy atom. The van der Waals surface area contributed by atoms with E-state index in [0.717, 1.165) is 45.2 Å². The van der Waals surface area contributed by atoms with Crippen LogP contribution in [0.1, 0.15) is 39.3 Å². The summed E-state index contributed by atoms with van der Waals surface area (Å²) in [4.78, 5) is 14.6. The zero-order valence-electron chi connectivity index (χ0n) is 32.8. The highest BCUT2D eigenvalue weighted by atomic mass is 14.9. The molecule has 276 valence electrons. The lowest BCUT2D eigenvalue weighted by Crippen LogP contribution is -2.28. The van der Waals surface area contributed by atoms with Crippen LogP contribution in [0.5, 0.6) is 0 Å². The first-order chi connectivity index (χ1) is 28.5. The summed E-state index contributed by atoms with van der Waals surface area (Å²) < 4.78 is 0. The van der Waals surface area contributed by atoms with Crippen LogP contribution in [0.3, 0.4) is 0 Å². The number of aryl methyl sites for hydroxylation is 3. The molecule has 3 nitrogen and oxygen atoms in total. The molecule has 0 saturated heterocycles. The standard InChI is InChI=1S/C55H41N3/c1-36-31-37(2)56-35-50(36)41-27-25-39(26-28-41)42-17-14-20-45(32-42)55(44-18-8-5-9-19-44)51-24-13-12-22-47(51)49-33-43(29-30-52(49)55)53-34-54(58-38(3)57-53)48-23-11-10-21-46(48)40-15-6-4-7-16-40/h4-35H,1-3H3. The first kappa shape index (κ1) is 35.2. The molecule has 58 heavy (non-hydrogen) atoms. The maximum absolute atomic E-state index is 5.03. The average molecular weight is 744 g/mol. The highest BCUT2D eigenvalue weighted by molar-refractivity contribution is 5.90. The van der Waals surface area contributed by atoms with Gasteiger partial charge < -0.3 is 0 Å². The van der Waals surface area contributed by atoms with Crippen molar-refractivity contribution in [3.05, 3.63) is 234 Å². The molecule has 3 heteroatoms. The van der Waals surface area contributed by atoms with Crippen molar-refractivity contribution in [1.82, 2.24) is 15.0 Å². The molecule has 0 radical (unpaired) electrons. The molecule has 1 aliphatic carbocycles. The molecule has 10 rings (SSSR count). The molecule has 2 aromatic heterocycles. The van der Waals surface area contributed by atoms with Crippen LogP contribution in [0.4, 0.5) is 0 Å². The molecule has 0 amide bonds. The molecule has 0 N–H and O–H groups in total. The van der Waals surface area contributed by atoms with Crippen LogP contribution in [0.25, 0.3) is 67.0 Å². The Labute approximate surface area is 340 Å². The maximum atomic E-state index is 5.03. The third-order valence-corrected chi connectivity index (χ3v) is 11.7. The van der Waals surface area contributed by atoms with E-state index in [4.69, 9.17) is 9.97 Å². The SMILES string of the molecule is Cc1cc(C)c(-c2ccc(-c3cccc(C4(c5ccccc5)c5ccccc5-c5cc(-c6cc(-c7ccccc7-c7ccccc7)nc(C)n6)ccc54)c3)cc2)cn1. The number of nitrogens with zero attached hydrogens (tertiary/aromatic N) is 3. The third kappa shape index (κ3) is 5.95. The minimum absolute atomic E-state index is 0.534. The van der Waals surface area contributed by atoms with E-state index in [0.29, 0.717) is 0 Å². The van der Waals surface area contributed by atoms with Crippen molar-refractivity contribution < 1.29 is 0 Å². The summed E-state index contributed by atoms with van der Waals surface area (Å²) >= 11 is 0. The first-order valence-corrected chi connectivity index (χ1v) is 19.9. The van der Waals surface area contributed by atoms with Gasteiger partial charge in [0, 0.05) is 28.6 Å². The van der Waals surface area contributed by atoms with E-state index in [-0.39, 0.29) is 0 Å². The summed E-state index contributed by atoms with van der Waals surface area (Å²) in [5.41, 5.74) is 20.2. The van der Waals surface area contributed by atoms with E-state index >= 15 is 0 Å². The molecule has 7 aromatic carbocycles. The van der Waals surface area contributed by atoms with Crippen LogP contribution in [-0.4, -0.2) is 15.0 Å². The highest BCUT2D eigenvalue weighted by Crippen LogP contribution is 2.57. The van der Waals surface area contributed by atoms with Gasteiger partial charge in [-0.15, -0.1) is 0 Å². The van der Waals surface area contributed by atoms with Crippen LogP contribution in [0.2, 0.25) is 0 Å². The molecule has 1 atom stereocenters. The zero-order valence-corrected chi connectivity index (χ0v) is 32.8. The first-order valence-electron chi connectivity index (χ1n) is 19.9. The lowest BCUT2D eigenvalue weighted by Gasteiger charge is -2.34. The minimum atomic E-state index is -0.534. The predicted molar refractivity (Wildman–Crippen MR) is 239 cm³/mol. The van der Waals surface area contributed by atoms with Gasteiger partial charge in [0.05, 0.1) is 16.8 Å². The van der Waals surface area contributed by atoms with Crippen LogP contribution in [-0.2, 0) is 5.41 Å². The molecule has 0 aliphatic heterocycles. The monoisotopic (exact) mass is 743 g/mol. The molecule has 1 unspecified atom stereocenters. The van der Waals surface area contributed by atoms with Gasteiger partial charge in [-0.3, -0.25) is 4.98 Å². The third-order valence-electron chi connectivity index (χ3n) is 11.7. The summed E-state index contributed by atoms with van der Waals surface area (Å²) in [6.07, 6.45) is 1.99. The quantitative estimate of drug-likeness (QED) is 0.163. The van der Waals surface area contributed by atoms with Crippen molar-refractivity contribution in [1.29, 1.82) is 0 Å².